The second-order valence-corrected chi connectivity index (χ2v) is 10.2. The first-order valence-electron chi connectivity index (χ1n) is 12.2. The smallest absolute Gasteiger partial charge is 0.295 e. The first-order valence-corrected chi connectivity index (χ1v) is 13.0. The molecular formula is C27H30BrFN2O5. The lowest BCUT2D eigenvalue weighted by atomic mass is 9.95. The molecule has 1 unspecified atom stereocenters. The second-order valence-electron chi connectivity index (χ2n) is 9.30. The molecular weight excluding hydrogens is 531 g/mol. The minimum atomic E-state index is -0.838. The van der Waals surface area contributed by atoms with Gasteiger partial charge in [0.1, 0.15) is 13.1 Å². The normalized spacial score (nSPS) is 20.4. The number of rotatable bonds is 8. The number of ketones is 1. The van der Waals surface area contributed by atoms with Crippen LogP contribution in [0.2, 0.25) is 0 Å². The molecule has 2 heterocycles. The van der Waals surface area contributed by atoms with Gasteiger partial charge in [-0.25, -0.2) is 4.39 Å². The Balaban J connectivity index is 1.67. The van der Waals surface area contributed by atoms with Crippen LogP contribution in [0.3, 0.4) is 0 Å². The first kappa shape index (κ1) is 26.3. The summed E-state index contributed by atoms with van der Waals surface area (Å²) in [7, 11) is 0. The molecule has 192 valence electrons. The molecule has 9 heteroatoms. The Hall–Kier alpha value is -2.75. The Morgan fingerprint density at radius 1 is 1.19 bits per heavy atom. The van der Waals surface area contributed by atoms with Gasteiger partial charge in [0, 0.05) is 23.0 Å². The molecule has 1 amide bonds. The molecule has 2 saturated heterocycles. The van der Waals surface area contributed by atoms with E-state index in [-0.39, 0.29) is 23.0 Å². The molecule has 0 radical (unpaired) electrons. The van der Waals surface area contributed by atoms with Crippen LogP contribution in [0.5, 0.6) is 5.75 Å². The number of benzene rings is 2. The molecule has 0 saturated carbocycles. The molecule has 36 heavy (non-hydrogen) atoms. The van der Waals surface area contributed by atoms with Gasteiger partial charge < -0.3 is 24.4 Å². The van der Waals surface area contributed by atoms with E-state index in [0.717, 1.165) is 30.2 Å². The average molecular weight is 561 g/mol. The number of hydrogen-bond acceptors (Lipinski definition) is 5. The monoisotopic (exact) mass is 560 g/mol. The standard InChI is InChI=1S/C27H30BrFN2O5/c1-17(2)36-22-9-6-19(16-21(22)29)25(32)23-24(18-4-7-20(28)8-5-18)31(27(34)26(23)33)11-3-10-30-12-14-35-15-13-30/h4-9,16-17,24,32H,3,10-15H2,1-2H3. The van der Waals surface area contributed by atoms with E-state index >= 15 is 0 Å². The van der Waals surface area contributed by atoms with E-state index in [0.29, 0.717) is 31.7 Å². The van der Waals surface area contributed by atoms with Crippen molar-refractivity contribution in [1.82, 2.24) is 4.90 Å². The molecule has 1 N–H and O–H groups in total. The van der Waals surface area contributed by atoms with Gasteiger partial charge in [0.25, 0.3) is 5.91 Å². The van der Waals surface area contributed by atoms with Gasteiger partial charge in [-0.3, -0.25) is 9.59 Å². The van der Waals surface area contributed by atoms with Crippen LogP contribution in [0, 0.1) is 5.82 Å². The number of likely N-dealkylation sites (tertiary alicyclic amines) is 1. The molecule has 0 aromatic heterocycles. The highest BCUT2D eigenvalue weighted by atomic mass is 79.9. The van der Waals surface area contributed by atoms with Crippen LogP contribution in [0.1, 0.15) is 37.4 Å². The van der Waals surface area contributed by atoms with Crippen molar-refractivity contribution in [3.63, 3.8) is 0 Å². The van der Waals surface area contributed by atoms with Crippen molar-refractivity contribution in [2.24, 2.45) is 0 Å². The molecule has 0 spiro atoms. The average Bonchev–Trinajstić information content (AvgIpc) is 3.11. The Bertz CT molecular complexity index is 1150. The highest BCUT2D eigenvalue weighted by Gasteiger charge is 2.44. The second kappa shape index (κ2) is 11.5. The minimum Gasteiger partial charge on any atom is -0.872 e. The number of hydrogen-bond donors (Lipinski definition) is 1. The van der Waals surface area contributed by atoms with E-state index < -0.39 is 29.3 Å². The molecule has 2 aliphatic rings. The van der Waals surface area contributed by atoms with Gasteiger partial charge in [-0.15, -0.1) is 0 Å². The molecule has 2 aliphatic heterocycles. The summed E-state index contributed by atoms with van der Waals surface area (Å²) in [4.78, 5) is 29.1. The van der Waals surface area contributed by atoms with Gasteiger partial charge in [0.15, 0.2) is 11.6 Å². The summed E-state index contributed by atoms with van der Waals surface area (Å²) in [6, 6.07) is 10.2. The number of carbonyl (C=O) groups is 2. The van der Waals surface area contributed by atoms with E-state index in [9.17, 15) is 19.1 Å². The fourth-order valence-electron chi connectivity index (χ4n) is 4.65. The number of nitrogens with zero attached hydrogens (tertiary/aromatic N) is 1. The lowest BCUT2D eigenvalue weighted by Gasteiger charge is -2.29. The van der Waals surface area contributed by atoms with Crippen LogP contribution in [-0.4, -0.2) is 62.1 Å². The number of morpholine rings is 1. The summed E-state index contributed by atoms with van der Waals surface area (Å²) < 4.78 is 26.3. The van der Waals surface area contributed by atoms with Crippen LogP contribution >= 0.6 is 15.9 Å². The first-order chi connectivity index (χ1) is 17.3. The summed E-state index contributed by atoms with van der Waals surface area (Å²) in [6.07, 6.45) is 0.442. The molecule has 1 atom stereocenters. The van der Waals surface area contributed by atoms with Crippen molar-refractivity contribution in [2.75, 3.05) is 39.4 Å². The summed E-state index contributed by atoms with van der Waals surface area (Å²) in [6.45, 7) is 7.94. The highest BCUT2D eigenvalue weighted by molar-refractivity contribution is 9.10. The summed E-state index contributed by atoms with van der Waals surface area (Å²) in [5.74, 6) is -2.87. The SMILES string of the molecule is CC(C)Oc1ccc(C([O-])=C2C(=O)C(=O)N(CCC[NH+]3CCOCC3)C2c2ccc(Br)cc2)cc1F. The number of nitrogens with one attached hydrogen (secondary N) is 1. The fourth-order valence-corrected chi connectivity index (χ4v) is 4.91. The quantitative estimate of drug-likeness (QED) is 0.303. The van der Waals surface area contributed by atoms with Gasteiger partial charge in [-0.1, -0.05) is 39.9 Å². The van der Waals surface area contributed by atoms with E-state index in [1.165, 1.54) is 21.9 Å². The number of halogens is 2. The maximum Gasteiger partial charge on any atom is 0.295 e. The number of Topliss-reactive ketones (excluding diaryl/α,β-unsaturated/α-hetero) is 1. The van der Waals surface area contributed by atoms with Gasteiger partial charge in [0.05, 0.1) is 31.9 Å². The Labute approximate surface area is 218 Å². The van der Waals surface area contributed by atoms with Crippen LogP contribution in [0.4, 0.5) is 4.39 Å². The van der Waals surface area contributed by atoms with Crippen LogP contribution in [0.15, 0.2) is 52.5 Å². The molecule has 0 aliphatic carbocycles. The minimum absolute atomic E-state index is 0.00137. The summed E-state index contributed by atoms with van der Waals surface area (Å²) in [5, 5.41) is 13.5. The Morgan fingerprint density at radius 3 is 2.53 bits per heavy atom. The topological polar surface area (TPSA) is 83.3 Å². The van der Waals surface area contributed by atoms with E-state index in [4.69, 9.17) is 9.47 Å². The third-order valence-corrected chi connectivity index (χ3v) is 6.93. The maximum absolute atomic E-state index is 14.7. The van der Waals surface area contributed by atoms with Crippen LogP contribution < -0.4 is 14.7 Å². The molecule has 0 bridgehead atoms. The predicted octanol–water partition coefficient (Wildman–Crippen LogP) is 1.90. The number of carbonyl (C=O) groups excluding carboxylic acids is 2. The van der Waals surface area contributed by atoms with Crippen LogP contribution in [0.25, 0.3) is 5.76 Å². The number of ether oxygens (including phenoxy) is 2. The number of amides is 1. The van der Waals surface area contributed by atoms with Crippen molar-refractivity contribution >= 4 is 33.4 Å². The van der Waals surface area contributed by atoms with Crippen molar-refractivity contribution in [3.8, 4) is 5.75 Å². The van der Waals surface area contributed by atoms with Gasteiger partial charge in [-0.2, -0.15) is 0 Å². The lowest BCUT2D eigenvalue weighted by Crippen LogP contribution is -3.14. The fraction of sp³-hybridized carbons (Fsp3) is 0.407. The van der Waals surface area contributed by atoms with E-state index in [1.807, 2.05) is 0 Å². The van der Waals surface area contributed by atoms with Crippen molar-refractivity contribution in [1.29, 1.82) is 0 Å². The Morgan fingerprint density at radius 2 is 1.89 bits per heavy atom. The van der Waals surface area contributed by atoms with Crippen molar-refractivity contribution < 1.29 is 33.5 Å². The number of quaternary nitrogens is 1. The van der Waals surface area contributed by atoms with Crippen LogP contribution in [-0.2, 0) is 14.3 Å². The zero-order valence-corrected chi connectivity index (χ0v) is 22.0. The lowest BCUT2D eigenvalue weighted by molar-refractivity contribution is -0.908. The van der Waals surface area contributed by atoms with Crippen molar-refractivity contribution in [3.05, 3.63) is 69.5 Å². The van der Waals surface area contributed by atoms with Gasteiger partial charge in [0.2, 0.25) is 5.78 Å². The van der Waals surface area contributed by atoms with E-state index in [2.05, 4.69) is 15.9 Å². The van der Waals surface area contributed by atoms with Crippen molar-refractivity contribution in [2.45, 2.75) is 32.4 Å². The third-order valence-electron chi connectivity index (χ3n) is 6.40. The predicted molar refractivity (Wildman–Crippen MR) is 134 cm³/mol. The zero-order chi connectivity index (χ0) is 25.8. The maximum atomic E-state index is 14.7. The third kappa shape index (κ3) is 5.79. The largest absolute Gasteiger partial charge is 0.872 e. The van der Waals surface area contributed by atoms with Gasteiger partial charge >= 0.3 is 0 Å². The zero-order valence-electron chi connectivity index (χ0n) is 20.4. The summed E-state index contributed by atoms with van der Waals surface area (Å²) >= 11 is 3.40. The Kier molecular flexibility index (Phi) is 8.43. The van der Waals surface area contributed by atoms with E-state index in [1.54, 1.807) is 38.1 Å². The van der Waals surface area contributed by atoms with Gasteiger partial charge in [-0.05, 0) is 49.2 Å². The molecule has 2 fully saturated rings. The summed E-state index contributed by atoms with van der Waals surface area (Å²) in [5.41, 5.74) is 0.499. The molecule has 2 aromatic carbocycles. The molecule has 4 rings (SSSR count). The highest BCUT2D eigenvalue weighted by Crippen LogP contribution is 2.39. The molecule has 7 nitrogen and oxygen atoms in total. The molecule has 2 aromatic rings.